The van der Waals surface area contributed by atoms with Crippen LogP contribution in [0.15, 0.2) is 35.7 Å². The van der Waals surface area contributed by atoms with Crippen molar-refractivity contribution in [2.75, 3.05) is 6.54 Å². The van der Waals surface area contributed by atoms with E-state index < -0.39 is 0 Å². The largest absolute Gasteiger partial charge is 0.310 e. The van der Waals surface area contributed by atoms with Crippen LogP contribution in [-0.4, -0.2) is 11.5 Å². The van der Waals surface area contributed by atoms with E-state index in [2.05, 4.69) is 54.9 Å². The highest BCUT2D eigenvalue weighted by molar-refractivity contribution is 7.09. The predicted octanol–water partition coefficient (Wildman–Crippen LogP) is 4.09. The molecule has 1 aliphatic carbocycles. The lowest BCUT2D eigenvalue weighted by atomic mass is 10.0. The number of hydrogen-bond donors (Lipinski definition) is 1. The molecule has 0 amide bonds. The third kappa shape index (κ3) is 2.94. The molecule has 2 aromatic rings. The van der Waals surface area contributed by atoms with Gasteiger partial charge in [0.2, 0.25) is 0 Å². The van der Waals surface area contributed by atoms with E-state index in [1.54, 1.807) is 0 Å². The Labute approximate surface area is 125 Å². The van der Waals surface area contributed by atoms with E-state index in [4.69, 9.17) is 4.98 Å². The molecule has 1 aliphatic rings. The van der Waals surface area contributed by atoms with Gasteiger partial charge in [0.05, 0.1) is 10.7 Å². The molecule has 0 spiro atoms. The van der Waals surface area contributed by atoms with E-state index >= 15 is 0 Å². The Kier molecular flexibility index (Phi) is 3.90. The van der Waals surface area contributed by atoms with Gasteiger partial charge in [0.15, 0.2) is 0 Å². The molecule has 2 nitrogen and oxygen atoms in total. The van der Waals surface area contributed by atoms with Crippen LogP contribution in [0.2, 0.25) is 0 Å². The fraction of sp³-hybridized carbons (Fsp3) is 0.471. The van der Waals surface area contributed by atoms with Crippen molar-refractivity contribution in [3.05, 3.63) is 52.0 Å². The first-order valence-electron chi connectivity index (χ1n) is 7.44. The normalized spacial score (nSPS) is 17.9. The maximum absolute atomic E-state index is 4.87. The van der Waals surface area contributed by atoms with E-state index in [1.807, 2.05) is 11.3 Å². The maximum Gasteiger partial charge on any atom is 0.0987 e. The van der Waals surface area contributed by atoms with Crippen LogP contribution in [0.5, 0.6) is 0 Å². The van der Waals surface area contributed by atoms with E-state index in [0.717, 1.165) is 13.0 Å². The van der Waals surface area contributed by atoms with Gasteiger partial charge in [-0.1, -0.05) is 44.2 Å². The van der Waals surface area contributed by atoms with E-state index in [9.17, 15) is 0 Å². The predicted molar refractivity (Wildman–Crippen MR) is 85.3 cm³/mol. The highest BCUT2D eigenvalue weighted by Crippen LogP contribution is 2.48. The molecular formula is C17H22N2S. The van der Waals surface area contributed by atoms with Gasteiger partial charge in [-0.3, -0.25) is 0 Å². The second-order valence-electron chi connectivity index (χ2n) is 5.93. The molecule has 0 aliphatic heterocycles. The molecule has 3 heteroatoms. The lowest BCUT2D eigenvalue weighted by Crippen LogP contribution is -2.23. The molecule has 1 N–H and O–H groups in total. The highest BCUT2D eigenvalue weighted by Gasteiger charge is 2.41. The quantitative estimate of drug-likeness (QED) is 0.865. The van der Waals surface area contributed by atoms with Gasteiger partial charge in [-0.15, -0.1) is 11.3 Å². The molecule has 0 bridgehead atoms. The summed E-state index contributed by atoms with van der Waals surface area (Å²) in [5, 5.41) is 7.15. The molecule has 1 fully saturated rings. The van der Waals surface area contributed by atoms with Gasteiger partial charge in [-0.05, 0) is 24.9 Å². The van der Waals surface area contributed by atoms with E-state index in [0.29, 0.717) is 11.5 Å². The van der Waals surface area contributed by atoms with E-state index in [1.165, 1.54) is 29.1 Å². The number of likely N-dealkylation sites (N-methyl/N-ethyl adjacent to an activating group) is 1. The SMILES string of the molecule is CCNC(Cc1csc(C2(C)CC2)n1)c1ccccc1. The molecule has 1 heterocycles. The summed E-state index contributed by atoms with van der Waals surface area (Å²) in [5.41, 5.74) is 2.97. The van der Waals surface area contributed by atoms with Crippen LogP contribution >= 0.6 is 11.3 Å². The van der Waals surface area contributed by atoms with Gasteiger partial charge in [-0.2, -0.15) is 0 Å². The van der Waals surface area contributed by atoms with Crippen molar-refractivity contribution in [3.8, 4) is 0 Å². The Hall–Kier alpha value is -1.19. The third-order valence-electron chi connectivity index (χ3n) is 4.13. The molecule has 1 atom stereocenters. The monoisotopic (exact) mass is 286 g/mol. The summed E-state index contributed by atoms with van der Waals surface area (Å²) >= 11 is 1.84. The maximum atomic E-state index is 4.87. The van der Waals surface area contributed by atoms with Gasteiger partial charge in [0.25, 0.3) is 0 Å². The summed E-state index contributed by atoms with van der Waals surface area (Å²) in [4.78, 5) is 4.87. The number of nitrogens with zero attached hydrogens (tertiary/aromatic N) is 1. The lowest BCUT2D eigenvalue weighted by Gasteiger charge is -2.17. The summed E-state index contributed by atoms with van der Waals surface area (Å²) in [6, 6.07) is 11.0. The van der Waals surface area contributed by atoms with Crippen LogP contribution in [0, 0.1) is 0 Å². The Balaban J connectivity index is 1.75. The molecule has 1 aromatic heterocycles. The van der Waals surface area contributed by atoms with Crippen molar-refractivity contribution in [1.82, 2.24) is 10.3 Å². The van der Waals surface area contributed by atoms with Crippen molar-refractivity contribution >= 4 is 11.3 Å². The van der Waals surface area contributed by atoms with Crippen LogP contribution in [-0.2, 0) is 11.8 Å². The van der Waals surface area contributed by atoms with Crippen molar-refractivity contribution in [2.45, 2.75) is 44.6 Å². The average Bonchev–Trinajstić information content (AvgIpc) is 3.04. The van der Waals surface area contributed by atoms with Gasteiger partial charge >= 0.3 is 0 Å². The first-order chi connectivity index (χ1) is 9.71. The van der Waals surface area contributed by atoms with Crippen LogP contribution in [0.3, 0.4) is 0 Å². The Morgan fingerprint density at radius 2 is 2.05 bits per heavy atom. The van der Waals surface area contributed by atoms with Crippen LogP contribution in [0.4, 0.5) is 0 Å². The zero-order valence-corrected chi connectivity index (χ0v) is 13.0. The first kappa shape index (κ1) is 13.8. The smallest absolute Gasteiger partial charge is 0.0987 e. The number of aromatic nitrogens is 1. The summed E-state index contributed by atoms with van der Waals surface area (Å²) in [7, 11) is 0. The molecule has 1 unspecified atom stereocenters. The molecule has 0 radical (unpaired) electrons. The fourth-order valence-corrected chi connectivity index (χ4v) is 3.58. The average molecular weight is 286 g/mol. The van der Waals surface area contributed by atoms with Gasteiger partial charge in [-0.25, -0.2) is 4.98 Å². The summed E-state index contributed by atoms with van der Waals surface area (Å²) in [6.45, 7) is 5.47. The minimum absolute atomic E-state index is 0.364. The number of benzene rings is 1. The molecule has 3 rings (SSSR count). The van der Waals surface area contributed by atoms with Crippen molar-refractivity contribution in [1.29, 1.82) is 0 Å². The summed E-state index contributed by atoms with van der Waals surface area (Å²) < 4.78 is 0. The third-order valence-corrected chi connectivity index (χ3v) is 5.33. The van der Waals surface area contributed by atoms with Crippen LogP contribution in [0.1, 0.15) is 49.0 Å². The van der Waals surface area contributed by atoms with Crippen molar-refractivity contribution in [3.63, 3.8) is 0 Å². The molecule has 106 valence electrons. The zero-order valence-electron chi connectivity index (χ0n) is 12.2. The number of rotatable bonds is 6. The zero-order chi connectivity index (χ0) is 14.0. The molecule has 20 heavy (non-hydrogen) atoms. The molecular weight excluding hydrogens is 264 g/mol. The summed E-state index contributed by atoms with van der Waals surface area (Å²) in [6.07, 6.45) is 3.58. The van der Waals surface area contributed by atoms with Gasteiger partial charge in [0.1, 0.15) is 0 Å². The second kappa shape index (κ2) is 5.66. The molecule has 1 aromatic carbocycles. The molecule has 1 saturated carbocycles. The number of hydrogen-bond acceptors (Lipinski definition) is 3. The Morgan fingerprint density at radius 1 is 1.30 bits per heavy atom. The number of nitrogens with one attached hydrogen (secondary N) is 1. The Morgan fingerprint density at radius 3 is 2.70 bits per heavy atom. The minimum Gasteiger partial charge on any atom is -0.310 e. The van der Waals surface area contributed by atoms with Crippen molar-refractivity contribution < 1.29 is 0 Å². The second-order valence-corrected chi connectivity index (χ2v) is 6.79. The van der Waals surface area contributed by atoms with E-state index in [-0.39, 0.29) is 0 Å². The highest BCUT2D eigenvalue weighted by atomic mass is 32.1. The van der Waals surface area contributed by atoms with Gasteiger partial charge in [0, 0.05) is 23.3 Å². The van der Waals surface area contributed by atoms with Gasteiger partial charge < -0.3 is 5.32 Å². The van der Waals surface area contributed by atoms with Crippen LogP contribution < -0.4 is 5.32 Å². The minimum atomic E-state index is 0.364. The number of thiazole rings is 1. The lowest BCUT2D eigenvalue weighted by molar-refractivity contribution is 0.544. The Bertz CT molecular complexity index is 557. The van der Waals surface area contributed by atoms with Crippen LogP contribution in [0.25, 0.3) is 0 Å². The topological polar surface area (TPSA) is 24.9 Å². The standard InChI is InChI=1S/C17H22N2S/c1-3-18-15(13-7-5-4-6-8-13)11-14-12-20-16(19-14)17(2)9-10-17/h4-8,12,15,18H,3,9-11H2,1-2H3. The fourth-order valence-electron chi connectivity index (χ4n) is 2.53. The first-order valence-corrected chi connectivity index (χ1v) is 8.32. The van der Waals surface area contributed by atoms with Crippen molar-refractivity contribution in [2.24, 2.45) is 0 Å². The molecule has 0 saturated heterocycles. The summed E-state index contributed by atoms with van der Waals surface area (Å²) in [5.74, 6) is 0.